The molecule has 0 atom stereocenters. The summed E-state index contributed by atoms with van der Waals surface area (Å²) in [6.45, 7) is 4.46. The second kappa shape index (κ2) is 9.49. The summed E-state index contributed by atoms with van der Waals surface area (Å²) in [5.41, 5.74) is 0. The Hall–Kier alpha value is -1.06. The zero-order valence-electron chi connectivity index (χ0n) is 9.67. The molecule has 0 aromatic heterocycles. The van der Waals surface area contributed by atoms with Crippen molar-refractivity contribution in [3.63, 3.8) is 0 Å². The first-order chi connectivity index (χ1) is 7.20. The van der Waals surface area contributed by atoms with Crippen LogP contribution in [0.2, 0.25) is 0 Å². The summed E-state index contributed by atoms with van der Waals surface area (Å²) in [4.78, 5) is 22.2. The Morgan fingerprint density at radius 1 is 1.07 bits per heavy atom. The number of alkyl carbamates (subject to hydrolysis) is 1. The van der Waals surface area contributed by atoms with Crippen molar-refractivity contribution in [1.82, 2.24) is 5.32 Å². The SMILES string of the molecule is CCCCCC(=O)NC(=O)OCCCC. The molecule has 88 valence electrons. The Balaban J connectivity index is 3.45. The quantitative estimate of drug-likeness (QED) is 0.664. The molecule has 0 aliphatic carbocycles. The maximum atomic E-state index is 11.1. The van der Waals surface area contributed by atoms with Crippen LogP contribution in [-0.2, 0) is 9.53 Å². The zero-order valence-corrected chi connectivity index (χ0v) is 9.67. The Morgan fingerprint density at radius 3 is 2.33 bits per heavy atom. The molecule has 4 nitrogen and oxygen atoms in total. The van der Waals surface area contributed by atoms with Gasteiger partial charge in [0.15, 0.2) is 0 Å². The molecule has 0 aliphatic rings. The summed E-state index contributed by atoms with van der Waals surface area (Å²) in [5.74, 6) is -0.245. The van der Waals surface area contributed by atoms with Gasteiger partial charge in [-0.25, -0.2) is 4.79 Å². The highest BCUT2D eigenvalue weighted by molar-refractivity contribution is 5.91. The molecule has 0 bridgehead atoms. The Morgan fingerprint density at radius 2 is 1.73 bits per heavy atom. The number of hydrogen-bond acceptors (Lipinski definition) is 3. The van der Waals surface area contributed by atoms with Gasteiger partial charge in [-0.1, -0.05) is 33.1 Å². The molecule has 0 unspecified atom stereocenters. The molecule has 0 saturated carbocycles. The average Bonchev–Trinajstić information content (AvgIpc) is 2.18. The number of hydrogen-bond donors (Lipinski definition) is 1. The van der Waals surface area contributed by atoms with Crippen molar-refractivity contribution in [2.24, 2.45) is 0 Å². The molecule has 0 saturated heterocycles. The number of imide groups is 1. The van der Waals surface area contributed by atoms with Crippen LogP contribution in [0.15, 0.2) is 0 Å². The van der Waals surface area contributed by atoms with Gasteiger partial charge in [-0.15, -0.1) is 0 Å². The molecular formula is C11H21NO3. The van der Waals surface area contributed by atoms with Crippen LogP contribution in [0.5, 0.6) is 0 Å². The van der Waals surface area contributed by atoms with Crippen molar-refractivity contribution in [2.75, 3.05) is 6.61 Å². The summed E-state index contributed by atoms with van der Waals surface area (Å²) >= 11 is 0. The van der Waals surface area contributed by atoms with Gasteiger partial charge in [-0.3, -0.25) is 10.1 Å². The monoisotopic (exact) mass is 215 g/mol. The van der Waals surface area contributed by atoms with Crippen molar-refractivity contribution in [1.29, 1.82) is 0 Å². The van der Waals surface area contributed by atoms with Gasteiger partial charge in [0.25, 0.3) is 0 Å². The van der Waals surface area contributed by atoms with Gasteiger partial charge < -0.3 is 4.74 Å². The average molecular weight is 215 g/mol. The largest absolute Gasteiger partial charge is 0.449 e. The molecule has 1 N–H and O–H groups in total. The molecule has 0 heterocycles. The predicted molar refractivity (Wildman–Crippen MR) is 58.5 cm³/mol. The van der Waals surface area contributed by atoms with Crippen LogP contribution in [0.1, 0.15) is 52.4 Å². The zero-order chi connectivity index (χ0) is 11.5. The van der Waals surface area contributed by atoms with Crippen LogP contribution in [0, 0.1) is 0 Å². The minimum Gasteiger partial charge on any atom is -0.449 e. The minimum atomic E-state index is -0.620. The third-order valence-electron chi connectivity index (χ3n) is 1.98. The number of amides is 2. The van der Waals surface area contributed by atoms with Crippen LogP contribution in [-0.4, -0.2) is 18.6 Å². The standard InChI is InChI=1S/C11H21NO3/c1-3-5-7-8-10(13)12-11(14)15-9-6-4-2/h3-9H2,1-2H3,(H,12,13,14). The summed E-state index contributed by atoms with van der Waals surface area (Å²) in [5, 5.41) is 2.20. The molecule has 0 spiro atoms. The van der Waals surface area contributed by atoms with Crippen molar-refractivity contribution >= 4 is 12.0 Å². The van der Waals surface area contributed by atoms with E-state index < -0.39 is 6.09 Å². The fraction of sp³-hybridized carbons (Fsp3) is 0.818. The van der Waals surface area contributed by atoms with Crippen molar-refractivity contribution in [3.8, 4) is 0 Å². The summed E-state index contributed by atoms with van der Waals surface area (Å²) in [6, 6.07) is 0. The van der Waals surface area contributed by atoms with Crippen LogP contribution in [0.3, 0.4) is 0 Å². The van der Waals surface area contributed by atoms with E-state index in [1.54, 1.807) is 0 Å². The lowest BCUT2D eigenvalue weighted by Gasteiger charge is -2.04. The molecule has 0 fully saturated rings. The Labute approximate surface area is 91.4 Å². The van der Waals surface area contributed by atoms with Gasteiger partial charge >= 0.3 is 6.09 Å². The lowest BCUT2D eigenvalue weighted by molar-refractivity contribution is -0.120. The maximum Gasteiger partial charge on any atom is 0.413 e. The number of unbranched alkanes of at least 4 members (excludes halogenated alkanes) is 3. The third kappa shape index (κ3) is 9.25. The van der Waals surface area contributed by atoms with Crippen LogP contribution < -0.4 is 5.32 Å². The lowest BCUT2D eigenvalue weighted by atomic mass is 10.2. The van der Waals surface area contributed by atoms with Crippen molar-refractivity contribution < 1.29 is 14.3 Å². The number of ether oxygens (including phenoxy) is 1. The number of carbonyl (C=O) groups is 2. The van der Waals surface area contributed by atoms with Gasteiger partial charge in [0.2, 0.25) is 5.91 Å². The fourth-order valence-electron chi connectivity index (χ4n) is 1.06. The van der Waals surface area contributed by atoms with Gasteiger partial charge in [-0.2, -0.15) is 0 Å². The van der Waals surface area contributed by atoms with Gasteiger partial charge in [-0.05, 0) is 12.8 Å². The first kappa shape index (κ1) is 13.9. The van der Waals surface area contributed by atoms with Crippen LogP contribution >= 0.6 is 0 Å². The minimum absolute atomic E-state index is 0.245. The Kier molecular flexibility index (Phi) is 8.82. The van der Waals surface area contributed by atoms with Crippen molar-refractivity contribution in [3.05, 3.63) is 0 Å². The third-order valence-corrected chi connectivity index (χ3v) is 1.98. The maximum absolute atomic E-state index is 11.1. The molecule has 0 aromatic carbocycles. The number of carbonyl (C=O) groups excluding carboxylic acids is 2. The molecule has 0 rings (SSSR count). The molecule has 2 amide bonds. The van der Waals surface area contributed by atoms with E-state index in [-0.39, 0.29) is 5.91 Å². The van der Waals surface area contributed by atoms with E-state index in [0.29, 0.717) is 13.0 Å². The first-order valence-corrected chi connectivity index (χ1v) is 5.67. The molecule has 0 aromatic rings. The van der Waals surface area contributed by atoms with E-state index in [0.717, 1.165) is 32.1 Å². The second-order valence-corrected chi connectivity index (χ2v) is 3.49. The summed E-state index contributed by atoms with van der Waals surface area (Å²) in [7, 11) is 0. The molecular weight excluding hydrogens is 194 g/mol. The number of rotatable bonds is 7. The molecule has 15 heavy (non-hydrogen) atoms. The summed E-state index contributed by atoms with van der Waals surface area (Å²) < 4.78 is 4.79. The van der Waals surface area contributed by atoms with Gasteiger partial charge in [0.1, 0.15) is 0 Å². The topological polar surface area (TPSA) is 55.4 Å². The summed E-state index contributed by atoms with van der Waals surface area (Å²) in [6.07, 6.45) is 4.48. The van der Waals surface area contributed by atoms with Crippen LogP contribution in [0.25, 0.3) is 0 Å². The van der Waals surface area contributed by atoms with E-state index in [1.165, 1.54) is 0 Å². The second-order valence-electron chi connectivity index (χ2n) is 3.49. The van der Waals surface area contributed by atoms with E-state index in [1.807, 2.05) is 6.92 Å². The van der Waals surface area contributed by atoms with Crippen LogP contribution in [0.4, 0.5) is 4.79 Å². The van der Waals surface area contributed by atoms with E-state index >= 15 is 0 Å². The smallest absolute Gasteiger partial charge is 0.413 e. The molecule has 4 heteroatoms. The molecule has 0 radical (unpaired) electrons. The van der Waals surface area contributed by atoms with Gasteiger partial charge in [0.05, 0.1) is 6.61 Å². The highest BCUT2D eigenvalue weighted by atomic mass is 16.5. The van der Waals surface area contributed by atoms with E-state index in [2.05, 4.69) is 12.2 Å². The van der Waals surface area contributed by atoms with Crippen molar-refractivity contribution in [2.45, 2.75) is 52.4 Å². The lowest BCUT2D eigenvalue weighted by Crippen LogP contribution is -2.31. The highest BCUT2D eigenvalue weighted by Gasteiger charge is 2.07. The normalized spacial score (nSPS) is 9.73. The number of nitrogens with one attached hydrogen (secondary N) is 1. The molecule has 0 aliphatic heterocycles. The Bertz CT molecular complexity index is 172. The fourth-order valence-corrected chi connectivity index (χ4v) is 1.06. The van der Waals surface area contributed by atoms with Gasteiger partial charge in [0, 0.05) is 6.42 Å². The predicted octanol–water partition coefficient (Wildman–Crippen LogP) is 2.62. The van der Waals surface area contributed by atoms with E-state index in [9.17, 15) is 9.59 Å². The highest BCUT2D eigenvalue weighted by Crippen LogP contribution is 1.98. The first-order valence-electron chi connectivity index (χ1n) is 5.67. The van der Waals surface area contributed by atoms with E-state index in [4.69, 9.17) is 4.74 Å².